The fourth-order valence-corrected chi connectivity index (χ4v) is 3.08. The maximum atomic E-state index is 12.2. The number of aromatic nitrogens is 4. The number of esters is 2. The van der Waals surface area contributed by atoms with E-state index < -0.39 is 42.0 Å². The van der Waals surface area contributed by atoms with Gasteiger partial charge in [-0.05, 0) is 0 Å². The van der Waals surface area contributed by atoms with Gasteiger partial charge in [0, 0.05) is 28.0 Å². The number of nitrogens with one attached hydrogen (secondary N) is 2. The third-order valence-electron chi connectivity index (χ3n) is 4.25. The number of hydrogen-bond donors (Lipinski definition) is 2. The second-order valence-corrected chi connectivity index (χ2v) is 6.13. The Morgan fingerprint density at radius 3 is 2.68 bits per heavy atom. The Morgan fingerprint density at radius 2 is 2.07 bits per heavy atom. The van der Waals surface area contributed by atoms with Crippen LogP contribution in [0.25, 0.3) is 11.2 Å². The lowest BCUT2D eigenvalue weighted by Crippen LogP contribution is -2.39. The number of fused-ring (bicyclic) bond motifs is 1. The molecule has 0 aromatic carbocycles. The van der Waals surface area contributed by atoms with E-state index in [1.165, 1.54) is 31.9 Å². The van der Waals surface area contributed by atoms with Crippen molar-refractivity contribution in [3.05, 3.63) is 16.7 Å². The third kappa shape index (κ3) is 3.68. The van der Waals surface area contributed by atoms with Crippen LogP contribution in [0.5, 0.6) is 0 Å². The summed E-state index contributed by atoms with van der Waals surface area (Å²) in [6.45, 7) is 2.39. The number of carbonyl (C=O) groups excluding carboxylic acids is 2. The Kier molecular flexibility index (Phi) is 5.61. The van der Waals surface area contributed by atoms with Crippen LogP contribution in [0.2, 0.25) is 0 Å². The molecule has 3 heterocycles. The summed E-state index contributed by atoms with van der Waals surface area (Å²) in [5.41, 5.74) is -0.0483. The van der Waals surface area contributed by atoms with E-state index in [2.05, 4.69) is 20.3 Å². The average Bonchev–Trinajstić information content (AvgIpc) is 3.20. The molecule has 2 aromatic rings. The fraction of sp³-hybridized carbons (Fsp3) is 0.562. The molecule has 1 aliphatic rings. The number of anilines is 1. The Labute approximate surface area is 159 Å². The minimum atomic E-state index is -0.838. The van der Waals surface area contributed by atoms with Crippen LogP contribution < -0.4 is 10.9 Å². The monoisotopic (exact) mass is 395 g/mol. The van der Waals surface area contributed by atoms with Gasteiger partial charge in [-0.3, -0.25) is 23.9 Å². The molecule has 0 spiro atoms. The molecular weight excluding hydrogens is 374 g/mol. The molecule has 4 atom stereocenters. The molecule has 0 saturated carbocycles. The first-order chi connectivity index (χ1) is 13.3. The standard InChI is InChI=1S/C16H21N5O7/c1-7(22)26-5-9-11(27-8(2)23)12(25-4)15(28-9)21-6-18-10-13(21)19-16(17-3)20-14(10)24/h6,9,11-12,15H,5H2,1-4H3,(H2,17,19,20,24)/t9-,11?,12?,15-/m1/s1. The third-order valence-corrected chi connectivity index (χ3v) is 4.25. The van der Waals surface area contributed by atoms with Gasteiger partial charge in [0.05, 0.1) is 6.33 Å². The molecule has 2 aromatic heterocycles. The van der Waals surface area contributed by atoms with Gasteiger partial charge in [0.2, 0.25) is 5.95 Å². The van der Waals surface area contributed by atoms with Crippen molar-refractivity contribution in [1.82, 2.24) is 19.5 Å². The first-order valence-corrected chi connectivity index (χ1v) is 8.49. The van der Waals surface area contributed by atoms with Gasteiger partial charge in [-0.15, -0.1) is 0 Å². The van der Waals surface area contributed by atoms with Crippen molar-refractivity contribution in [1.29, 1.82) is 0 Å². The quantitative estimate of drug-likeness (QED) is 0.617. The van der Waals surface area contributed by atoms with Crippen molar-refractivity contribution in [2.75, 3.05) is 26.1 Å². The molecule has 3 rings (SSSR count). The van der Waals surface area contributed by atoms with Gasteiger partial charge in [0.1, 0.15) is 18.8 Å². The minimum Gasteiger partial charge on any atom is -0.463 e. The van der Waals surface area contributed by atoms with Gasteiger partial charge in [0.25, 0.3) is 5.56 Å². The van der Waals surface area contributed by atoms with Crippen LogP contribution in [0.1, 0.15) is 20.1 Å². The maximum absolute atomic E-state index is 12.2. The second-order valence-electron chi connectivity index (χ2n) is 6.13. The fourth-order valence-electron chi connectivity index (χ4n) is 3.08. The van der Waals surface area contributed by atoms with E-state index in [0.717, 1.165) is 0 Å². The minimum absolute atomic E-state index is 0.116. The summed E-state index contributed by atoms with van der Waals surface area (Å²) in [5.74, 6) is -0.784. The molecule has 2 N–H and O–H groups in total. The summed E-state index contributed by atoms with van der Waals surface area (Å²) in [7, 11) is 3.05. The summed E-state index contributed by atoms with van der Waals surface area (Å²) < 4.78 is 23.4. The Hall–Kier alpha value is -2.99. The van der Waals surface area contributed by atoms with E-state index in [-0.39, 0.29) is 23.7 Å². The Bertz CT molecular complexity index is 939. The van der Waals surface area contributed by atoms with Crippen LogP contribution in [0, 0.1) is 0 Å². The molecule has 2 unspecified atom stereocenters. The highest BCUT2D eigenvalue weighted by atomic mass is 16.6. The van der Waals surface area contributed by atoms with Crippen LogP contribution in [0.3, 0.4) is 0 Å². The molecule has 1 aliphatic heterocycles. The van der Waals surface area contributed by atoms with Crippen molar-refractivity contribution < 1.29 is 28.5 Å². The zero-order valence-electron chi connectivity index (χ0n) is 15.8. The van der Waals surface area contributed by atoms with Gasteiger partial charge in [-0.2, -0.15) is 4.98 Å². The summed E-state index contributed by atoms with van der Waals surface area (Å²) in [6, 6.07) is 0. The molecule has 12 heteroatoms. The Balaban J connectivity index is 2.01. The first kappa shape index (κ1) is 19.8. The normalized spacial score (nSPS) is 24.3. The van der Waals surface area contributed by atoms with E-state index in [0.29, 0.717) is 0 Å². The number of ether oxygens (including phenoxy) is 4. The van der Waals surface area contributed by atoms with Gasteiger partial charge in [-0.25, -0.2) is 4.98 Å². The summed E-state index contributed by atoms with van der Waals surface area (Å²) >= 11 is 0. The molecule has 0 amide bonds. The van der Waals surface area contributed by atoms with E-state index in [9.17, 15) is 14.4 Å². The SMILES string of the molecule is CNc1nc2c(ncn2[C@@H]2O[C@H](COC(C)=O)C(OC(C)=O)C2OC)c(=O)[nH]1. The lowest BCUT2D eigenvalue weighted by Gasteiger charge is -2.22. The van der Waals surface area contributed by atoms with Crippen molar-refractivity contribution in [3.63, 3.8) is 0 Å². The number of hydrogen-bond acceptors (Lipinski definition) is 10. The zero-order chi connectivity index (χ0) is 20.4. The summed E-state index contributed by atoms with van der Waals surface area (Å²) in [5, 5.41) is 2.76. The number of imidazole rings is 1. The Morgan fingerprint density at radius 1 is 1.32 bits per heavy atom. The van der Waals surface area contributed by atoms with E-state index in [4.69, 9.17) is 18.9 Å². The number of nitrogens with zero attached hydrogens (tertiary/aromatic N) is 3. The highest BCUT2D eigenvalue weighted by Gasteiger charge is 2.49. The van der Waals surface area contributed by atoms with E-state index in [1.54, 1.807) is 7.05 Å². The summed E-state index contributed by atoms with van der Waals surface area (Å²) in [4.78, 5) is 45.9. The number of rotatable bonds is 6. The van der Waals surface area contributed by atoms with E-state index in [1.807, 2.05) is 0 Å². The van der Waals surface area contributed by atoms with E-state index >= 15 is 0 Å². The lowest BCUT2D eigenvalue weighted by atomic mass is 10.1. The van der Waals surface area contributed by atoms with Crippen molar-refractivity contribution >= 4 is 29.1 Å². The topological polar surface area (TPSA) is 147 Å². The highest BCUT2D eigenvalue weighted by molar-refractivity contribution is 5.71. The van der Waals surface area contributed by atoms with Crippen LogP contribution in [0.4, 0.5) is 5.95 Å². The predicted molar refractivity (Wildman–Crippen MR) is 94.6 cm³/mol. The number of carbonyl (C=O) groups is 2. The van der Waals surface area contributed by atoms with Gasteiger partial charge >= 0.3 is 11.9 Å². The number of aromatic amines is 1. The molecule has 1 fully saturated rings. The number of methoxy groups -OCH3 is 1. The van der Waals surface area contributed by atoms with Crippen LogP contribution in [-0.4, -0.2) is 70.5 Å². The molecule has 1 saturated heterocycles. The smallest absolute Gasteiger partial charge is 0.303 e. The average molecular weight is 395 g/mol. The van der Waals surface area contributed by atoms with Crippen molar-refractivity contribution in [2.45, 2.75) is 38.4 Å². The summed E-state index contributed by atoms with van der Waals surface area (Å²) in [6.07, 6.45) is -1.79. The van der Waals surface area contributed by atoms with Crippen molar-refractivity contribution in [2.24, 2.45) is 0 Å². The van der Waals surface area contributed by atoms with Crippen LogP contribution >= 0.6 is 0 Å². The maximum Gasteiger partial charge on any atom is 0.303 e. The predicted octanol–water partition coefficient (Wildman–Crippen LogP) is -0.431. The molecule has 152 valence electrons. The first-order valence-electron chi connectivity index (χ1n) is 8.49. The highest BCUT2D eigenvalue weighted by Crippen LogP contribution is 2.35. The molecule has 12 nitrogen and oxygen atoms in total. The molecule has 0 radical (unpaired) electrons. The second kappa shape index (κ2) is 7.94. The van der Waals surface area contributed by atoms with Crippen LogP contribution in [-0.2, 0) is 28.5 Å². The van der Waals surface area contributed by atoms with Gasteiger partial charge < -0.3 is 24.3 Å². The van der Waals surface area contributed by atoms with Crippen LogP contribution in [0.15, 0.2) is 11.1 Å². The van der Waals surface area contributed by atoms with Gasteiger partial charge in [-0.1, -0.05) is 0 Å². The largest absolute Gasteiger partial charge is 0.463 e. The zero-order valence-corrected chi connectivity index (χ0v) is 15.8. The molecule has 0 aliphatic carbocycles. The lowest BCUT2D eigenvalue weighted by molar-refractivity contribution is -0.157. The molecule has 28 heavy (non-hydrogen) atoms. The molecular formula is C16H21N5O7. The van der Waals surface area contributed by atoms with Gasteiger partial charge in [0.15, 0.2) is 23.5 Å². The van der Waals surface area contributed by atoms with Crippen molar-refractivity contribution in [3.8, 4) is 0 Å². The number of H-pyrrole nitrogens is 1. The molecule has 0 bridgehead atoms.